The van der Waals surface area contributed by atoms with Crippen LogP contribution in [0.15, 0.2) is 11.6 Å². The zero-order valence-corrected chi connectivity index (χ0v) is 8.45. The molecule has 80 valence electrons. The van der Waals surface area contributed by atoms with Crippen LogP contribution in [-0.2, 0) is 9.59 Å². The van der Waals surface area contributed by atoms with Gasteiger partial charge in [-0.15, -0.1) is 0 Å². The second-order valence-electron chi connectivity index (χ2n) is 3.19. The van der Waals surface area contributed by atoms with E-state index < -0.39 is 11.9 Å². The lowest BCUT2D eigenvalue weighted by molar-refractivity contribution is -0.133. The Balaban J connectivity index is 3.99. The predicted octanol–water partition coefficient (Wildman–Crippen LogP) is 1.45. The van der Waals surface area contributed by atoms with E-state index in [1.165, 1.54) is 0 Å². The number of hydrogen-bond donors (Lipinski definition) is 2. The van der Waals surface area contributed by atoms with Crippen molar-refractivity contribution in [1.82, 2.24) is 0 Å². The molecule has 0 saturated heterocycles. The molecule has 0 aromatic heterocycles. The number of unbranched alkanes of at least 4 members (excludes halogenated alkanes) is 3. The van der Waals surface area contributed by atoms with E-state index in [9.17, 15) is 9.59 Å². The maximum absolute atomic E-state index is 10.6. The summed E-state index contributed by atoms with van der Waals surface area (Å²) in [5.41, 5.74) is 4.99. The molecule has 4 heteroatoms. The van der Waals surface area contributed by atoms with Crippen molar-refractivity contribution in [1.29, 1.82) is 0 Å². The van der Waals surface area contributed by atoms with Gasteiger partial charge >= 0.3 is 5.97 Å². The molecular formula is C10H17NO3. The van der Waals surface area contributed by atoms with Crippen LogP contribution < -0.4 is 5.73 Å². The van der Waals surface area contributed by atoms with Crippen molar-refractivity contribution in [2.24, 2.45) is 5.73 Å². The summed E-state index contributed by atoms with van der Waals surface area (Å²) in [5, 5.41) is 8.70. The first kappa shape index (κ1) is 12.7. The molecule has 0 radical (unpaired) electrons. The Morgan fingerprint density at radius 3 is 2.36 bits per heavy atom. The standard InChI is InChI=1S/C10H17NO3/c1-2-3-4-5-6-8(10(13)14)7-9(11)12/h7H,2-6H2,1H3,(H2,11,12)(H,13,14)/b8-7+. The van der Waals surface area contributed by atoms with Crippen molar-refractivity contribution in [2.75, 3.05) is 0 Å². The molecule has 0 heterocycles. The van der Waals surface area contributed by atoms with Gasteiger partial charge in [0.25, 0.3) is 0 Å². The van der Waals surface area contributed by atoms with Crippen molar-refractivity contribution in [2.45, 2.75) is 39.0 Å². The number of aliphatic carboxylic acids is 1. The fourth-order valence-corrected chi connectivity index (χ4v) is 1.15. The van der Waals surface area contributed by atoms with Gasteiger partial charge in [0.15, 0.2) is 0 Å². The fraction of sp³-hybridized carbons (Fsp3) is 0.600. The maximum atomic E-state index is 10.6. The molecule has 0 aliphatic heterocycles. The quantitative estimate of drug-likeness (QED) is 0.481. The molecule has 0 aliphatic rings. The van der Waals surface area contributed by atoms with E-state index in [-0.39, 0.29) is 5.57 Å². The Morgan fingerprint density at radius 1 is 1.29 bits per heavy atom. The number of rotatable bonds is 7. The van der Waals surface area contributed by atoms with E-state index in [2.05, 4.69) is 6.92 Å². The molecule has 3 N–H and O–H groups in total. The highest BCUT2D eigenvalue weighted by atomic mass is 16.4. The summed E-state index contributed by atoms with van der Waals surface area (Å²) in [5.74, 6) is -1.75. The summed E-state index contributed by atoms with van der Waals surface area (Å²) in [7, 11) is 0. The highest BCUT2D eigenvalue weighted by Gasteiger charge is 2.07. The second-order valence-corrected chi connectivity index (χ2v) is 3.19. The first-order valence-corrected chi connectivity index (χ1v) is 4.81. The number of carbonyl (C=O) groups excluding carboxylic acids is 1. The Morgan fingerprint density at radius 2 is 1.93 bits per heavy atom. The van der Waals surface area contributed by atoms with Crippen LogP contribution in [0.1, 0.15) is 39.0 Å². The molecule has 0 bridgehead atoms. The SMILES string of the molecule is CCCCCC/C(=C\C(N)=O)C(=O)O. The summed E-state index contributed by atoms with van der Waals surface area (Å²) in [4.78, 5) is 21.1. The zero-order valence-electron chi connectivity index (χ0n) is 8.45. The van der Waals surface area contributed by atoms with E-state index in [1.54, 1.807) is 0 Å². The minimum absolute atomic E-state index is 0.105. The molecular weight excluding hydrogens is 182 g/mol. The van der Waals surface area contributed by atoms with E-state index in [0.29, 0.717) is 6.42 Å². The average Bonchev–Trinajstić information content (AvgIpc) is 2.09. The molecule has 0 spiro atoms. The van der Waals surface area contributed by atoms with Crippen LogP contribution in [0.2, 0.25) is 0 Å². The van der Waals surface area contributed by atoms with Gasteiger partial charge in [0.05, 0.1) is 0 Å². The van der Waals surface area contributed by atoms with Crippen LogP contribution in [0.3, 0.4) is 0 Å². The molecule has 0 aromatic rings. The van der Waals surface area contributed by atoms with Crippen molar-refractivity contribution in [3.63, 3.8) is 0 Å². The van der Waals surface area contributed by atoms with Crippen LogP contribution >= 0.6 is 0 Å². The Hall–Kier alpha value is -1.32. The highest BCUT2D eigenvalue weighted by molar-refractivity contribution is 5.96. The monoisotopic (exact) mass is 199 g/mol. The van der Waals surface area contributed by atoms with Gasteiger partial charge in [-0.1, -0.05) is 26.2 Å². The minimum Gasteiger partial charge on any atom is -0.478 e. The highest BCUT2D eigenvalue weighted by Crippen LogP contribution is 2.10. The number of carbonyl (C=O) groups is 2. The van der Waals surface area contributed by atoms with Crippen LogP contribution in [-0.4, -0.2) is 17.0 Å². The number of primary amides is 1. The summed E-state index contributed by atoms with van der Waals surface area (Å²) in [6.07, 6.45) is 5.37. The van der Waals surface area contributed by atoms with E-state index >= 15 is 0 Å². The lowest BCUT2D eigenvalue weighted by atomic mass is 10.1. The molecule has 0 atom stereocenters. The maximum Gasteiger partial charge on any atom is 0.331 e. The van der Waals surface area contributed by atoms with Gasteiger partial charge in [0.2, 0.25) is 5.91 Å². The van der Waals surface area contributed by atoms with Gasteiger partial charge in [-0.05, 0) is 12.8 Å². The summed E-state index contributed by atoms with van der Waals surface area (Å²) < 4.78 is 0. The number of nitrogens with two attached hydrogens (primary N) is 1. The molecule has 1 amide bonds. The van der Waals surface area contributed by atoms with Crippen LogP contribution in [0.5, 0.6) is 0 Å². The van der Waals surface area contributed by atoms with Gasteiger partial charge in [-0.3, -0.25) is 4.79 Å². The smallest absolute Gasteiger partial charge is 0.331 e. The lowest BCUT2D eigenvalue weighted by Gasteiger charge is -2.00. The fourth-order valence-electron chi connectivity index (χ4n) is 1.15. The predicted molar refractivity (Wildman–Crippen MR) is 53.7 cm³/mol. The van der Waals surface area contributed by atoms with Crippen molar-refractivity contribution >= 4 is 11.9 Å². The third kappa shape index (κ3) is 6.22. The van der Waals surface area contributed by atoms with Gasteiger partial charge in [0, 0.05) is 11.6 Å². The van der Waals surface area contributed by atoms with Gasteiger partial charge in [-0.2, -0.15) is 0 Å². The lowest BCUT2D eigenvalue weighted by Crippen LogP contribution is -2.11. The van der Waals surface area contributed by atoms with E-state index in [0.717, 1.165) is 31.8 Å². The second kappa shape index (κ2) is 7.12. The third-order valence-corrected chi connectivity index (χ3v) is 1.89. The molecule has 0 rings (SSSR count). The first-order chi connectivity index (χ1) is 6.57. The average molecular weight is 199 g/mol. The zero-order chi connectivity index (χ0) is 11.0. The summed E-state index contributed by atoms with van der Waals surface area (Å²) >= 11 is 0. The minimum atomic E-state index is -1.06. The van der Waals surface area contributed by atoms with Gasteiger partial charge in [0.1, 0.15) is 0 Å². The van der Waals surface area contributed by atoms with Crippen LogP contribution in [0.4, 0.5) is 0 Å². The molecule has 0 fully saturated rings. The first-order valence-electron chi connectivity index (χ1n) is 4.81. The Kier molecular flexibility index (Phi) is 6.45. The molecule has 0 aliphatic carbocycles. The Labute approximate surface area is 83.8 Å². The normalized spacial score (nSPS) is 11.4. The largest absolute Gasteiger partial charge is 0.478 e. The van der Waals surface area contributed by atoms with Crippen molar-refractivity contribution in [3.8, 4) is 0 Å². The Bertz CT molecular complexity index is 234. The van der Waals surface area contributed by atoms with Gasteiger partial charge in [-0.25, -0.2) is 4.79 Å². The summed E-state index contributed by atoms with van der Waals surface area (Å²) in [6, 6.07) is 0. The van der Waals surface area contributed by atoms with Crippen LogP contribution in [0.25, 0.3) is 0 Å². The number of carboxylic acid groups (broad SMARTS) is 1. The third-order valence-electron chi connectivity index (χ3n) is 1.89. The molecule has 14 heavy (non-hydrogen) atoms. The topological polar surface area (TPSA) is 80.4 Å². The van der Waals surface area contributed by atoms with Crippen LogP contribution in [0, 0.1) is 0 Å². The molecule has 4 nitrogen and oxygen atoms in total. The van der Waals surface area contributed by atoms with E-state index in [4.69, 9.17) is 10.8 Å². The van der Waals surface area contributed by atoms with E-state index in [1.807, 2.05) is 0 Å². The molecule has 0 saturated carbocycles. The van der Waals surface area contributed by atoms with Crippen molar-refractivity contribution < 1.29 is 14.7 Å². The number of hydrogen-bond acceptors (Lipinski definition) is 2. The molecule has 0 aromatic carbocycles. The number of carboxylic acids is 1. The number of amides is 1. The van der Waals surface area contributed by atoms with Gasteiger partial charge < -0.3 is 10.8 Å². The molecule has 0 unspecified atom stereocenters. The van der Waals surface area contributed by atoms with Crippen molar-refractivity contribution in [3.05, 3.63) is 11.6 Å². The summed E-state index contributed by atoms with van der Waals surface area (Å²) in [6.45, 7) is 2.08.